The monoisotopic (exact) mass is 332 g/mol. The van der Waals surface area contributed by atoms with Gasteiger partial charge in [-0.15, -0.1) is 0 Å². The lowest BCUT2D eigenvalue weighted by molar-refractivity contribution is 0.0949. The third-order valence-corrected chi connectivity index (χ3v) is 4.09. The number of hydrogen-bond donors (Lipinski definition) is 0. The van der Waals surface area contributed by atoms with E-state index in [1.54, 1.807) is 35.6 Å². The molecule has 124 valence electrons. The van der Waals surface area contributed by atoms with Crippen molar-refractivity contribution in [2.45, 2.75) is 13.0 Å². The third-order valence-electron chi connectivity index (χ3n) is 4.09. The summed E-state index contributed by atoms with van der Waals surface area (Å²) in [5.74, 6) is 1.22. The molecule has 3 aromatic heterocycles. The van der Waals surface area contributed by atoms with Crippen LogP contribution in [0, 0.1) is 0 Å². The Morgan fingerprint density at radius 2 is 1.92 bits per heavy atom. The van der Waals surface area contributed by atoms with Gasteiger partial charge in [0.2, 0.25) is 0 Å². The summed E-state index contributed by atoms with van der Waals surface area (Å²) < 4.78 is 11.2. The van der Waals surface area contributed by atoms with E-state index in [0.717, 1.165) is 5.39 Å². The number of furan rings is 2. The molecule has 0 aliphatic rings. The highest BCUT2D eigenvalue weighted by molar-refractivity contribution is 6.06. The fourth-order valence-corrected chi connectivity index (χ4v) is 2.84. The highest BCUT2D eigenvalue weighted by Crippen LogP contribution is 2.29. The summed E-state index contributed by atoms with van der Waals surface area (Å²) in [4.78, 5) is 19.1. The number of carbonyl (C=O) groups excluding carboxylic acids is 1. The number of benzene rings is 1. The predicted octanol–water partition coefficient (Wildman–Crippen LogP) is 4.83. The molecular formula is C20H16N2O3. The molecule has 1 aromatic carbocycles. The fraction of sp³-hybridized carbons (Fsp3) is 0.100. The summed E-state index contributed by atoms with van der Waals surface area (Å²) in [5.41, 5.74) is 0.678. The third kappa shape index (κ3) is 2.80. The molecule has 3 heterocycles. The van der Waals surface area contributed by atoms with Crippen molar-refractivity contribution in [3.05, 3.63) is 84.6 Å². The molecule has 0 aliphatic heterocycles. The van der Waals surface area contributed by atoms with Crippen molar-refractivity contribution in [2.75, 3.05) is 4.90 Å². The van der Waals surface area contributed by atoms with Crippen molar-refractivity contribution in [1.82, 2.24) is 4.98 Å². The van der Waals surface area contributed by atoms with Gasteiger partial charge in [0, 0.05) is 11.6 Å². The number of hydrogen-bond acceptors (Lipinski definition) is 4. The Morgan fingerprint density at radius 3 is 2.64 bits per heavy atom. The molecule has 0 saturated carbocycles. The van der Waals surface area contributed by atoms with E-state index >= 15 is 0 Å². The normalized spacial score (nSPS) is 12.2. The van der Waals surface area contributed by atoms with Gasteiger partial charge >= 0.3 is 0 Å². The number of pyridine rings is 1. The first kappa shape index (κ1) is 15.2. The molecule has 0 radical (unpaired) electrons. The Morgan fingerprint density at radius 1 is 1.08 bits per heavy atom. The molecule has 0 spiro atoms. The number of para-hydroxylation sites is 1. The summed E-state index contributed by atoms with van der Waals surface area (Å²) in [6, 6.07) is 18.1. The Bertz CT molecular complexity index is 957. The second-order valence-electron chi connectivity index (χ2n) is 5.70. The maximum Gasteiger partial charge on any atom is 0.295 e. The van der Waals surface area contributed by atoms with Gasteiger partial charge in [-0.2, -0.15) is 0 Å². The van der Waals surface area contributed by atoms with E-state index in [4.69, 9.17) is 8.83 Å². The summed E-state index contributed by atoms with van der Waals surface area (Å²) in [7, 11) is 0. The van der Waals surface area contributed by atoms with E-state index in [1.807, 2.05) is 49.4 Å². The summed E-state index contributed by atoms with van der Waals surface area (Å²) >= 11 is 0. The molecular weight excluding hydrogens is 316 g/mol. The lowest BCUT2D eigenvalue weighted by Crippen LogP contribution is -2.33. The first-order valence-electron chi connectivity index (χ1n) is 8.00. The topological polar surface area (TPSA) is 59.5 Å². The zero-order valence-electron chi connectivity index (χ0n) is 13.6. The molecule has 0 aliphatic carbocycles. The summed E-state index contributed by atoms with van der Waals surface area (Å²) in [5, 5.41) is 0.887. The highest BCUT2D eigenvalue weighted by atomic mass is 16.3. The van der Waals surface area contributed by atoms with Gasteiger partial charge in [-0.25, -0.2) is 4.98 Å². The number of aromatic nitrogens is 1. The van der Waals surface area contributed by atoms with Gasteiger partial charge in [-0.1, -0.05) is 24.3 Å². The molecule has 0 N–H and O–H groups in total. The molecule has 1 amide bonds. The quantitative estimate of drug-likeness (QED) is 0.537. The zero-order valence-corrected chi connectivity index (χ0v) is 13.6. The lowest BCUT2D eigenvalue weighted by Gasteiger charge is -2.26. The molecule has 0 fully saturated rings. The number of anilines is 1. The maximum atomic E-state index is 13.2. The standard InChI is InChI=1S/C20H16N2O3/c1-14(16-9-6-12-24-16)22(19-10-4-5-11-21-19)20(23)18-13-15-7-2-3-8-17(15)25-18/h2-14H,1H3. The van der Waals surface area contributed by atoms with Crippen LogP contribution in [-0.2, 0) is 0 Å². The van der Waals surface area contributed by atoms with E-state index in [1.165, 1.54) is 0 Å². The Labute approximate surface area is 144 Å². The average Bonchev–Trinajstić information content (AvgIpc) is 3.32. The highest BCUT2D eigenvalue weighted by Gasteiger charge is 2.29. The molecule has 0 bridgehead atoms. The van der Waals surface area contributed by atoms with Crippen LogP contribution in [0.4, 0.5) is 5.82 Å². The maximum absolute atomic E-state index is 13.2. The minimum absolute atomic E-state index is 0.265. The molecule has 1 atom stereocenters. The Kier molecular flexibility index (Phi) is 3.82. The van der Waals surface area contributed by atoms with Gasteiger partial charge in [-0.3, -0.25) is 9.69 Å². The number of nitrogens with zero attached hydrogens (tertiary/aromatic N) is 2. The summed E-state index contributed by atoms with van der Waals surface area (Å²) in [6.07, 6.45) is 3.25. The lowest BCUT2D eigenvalue weighted by atomic mass is 10.2. The molecule has 4 aromatic rings. The smallest absolute Gasteiger partial charge is 0.295 e. The molecule has 25 heavy (non-hydrogen) atoms. The van der Waals surface area contributed by atoms with Crippen molar-refractivity contribution in [3.63, 3.8) is 0 Å². The number of fused-ring (bicyclic) bond motifs is 1. The minimum Gasteiger partial charge on any atom is -0.467 e. The van der Waals surface area contributed by atoms with Crippen molar-refractivity contribution in [2.24, 2.45) is 0 Å². The molecule has 4 rings (SSSR count). The zero-order chi connectivity index (χ0) is 17.2. The van der Waals surface area contributed by atoms with Crippen LogP contribution in [0.3, 0.4) is 0 Å². The van der Waals surface area contributed by atoms with Crippen LogP contribution in [0.2, 0.25) is 0 Å². The van der Waals surface area contributed by atoms with E-state index in [9.17, 15) is 4.79 Å². The molecule has 1 unspecified atom stereocenters. The van der Waals surface area contributed by atoms with Crippen LogP contribution in [-0.4, -0.2) is 10.9 Å². The van der Waals surface area contributed by atoms with E-state index in [-0.39, 0.29) is 17.7 Å². The van der Waals surface area contributed by atoms with E-state index in [2.05, 4.69) is 4.98 Å². The number of amides is 1. The van der Waals surface area contributed by atoms with Gasteiger partial charge in [0.25, 0.3) is 5.91 Å². The predicted molar refractivity (Wildman–Crippen MR) is 94.4 cm³/mol. The van der Waals surface area contributed by atoms with Crippen LogP contribution < -0.4 is 4.90 Å². The number of rotatable bonds is 4. The van der Waals surface area contributed by atoms with Crippen molar-refractivity contribution < 1.29 is 13.6 Å². The largest absolute Gasteiger partial charge is 0.467 e. The van der Waals surface area contributed by atoms with Gasteiger partial charge in [0.15, 0.2) is 5.76 Å². The van der Waals surface area contributed by atoms with Crippen molar-refractivity contribution >= 4 is 22.7 Å². The first-order valence-corrected chi connectivity index (χ1v) is 8.00. The Balaban J connectivity index is 1.78. The van der Waals surface area contributed by atoms with Crippen LogP contribution in [0.1, 0.15) is 29.3 Å². The summed E-state index contributed by atoms with van der Waals surface area (Å²) in [6.45, 7) is 1.90. The average molecular weight is 332 g/mol. The SMILES string of the molecule is CC(c1ccco1)N(C(=O)c1cc2ccccc2o1)c1ccccn1. The van der Waals surface area contributed by atoms with Gasteiger partial charge in [0.05, 0.1) is 12.3 Å². The fourth-order valence-electron chi connectivity index (χ4n) is 2.84. The molecule has 5 heteroatoms. The second kappa shape index (κ2) is 6.28. The first-order chi connectivity index (χ1) is 12.2. The van der Waals surface area contributed by atoms with Gasteiger partial charge < -0.3 is 8.83 Å². The second-order valence-corrected chi connectivity index (χ2v) is 5.70. The van der Waals surface area contributed by atoms with Gasteiger partial charge in [-0.05, 0) is 43.3 Å². The van der Waals surface area contributed by atoms with Crippen molar-refractivity contribution in [1.29, 1.82) is 0 Å². The van der Waals surface area contributed by atoms with E-state index < -0.39 is 0 Å². The van der Waals surface area contributed by atoms with Crippen LogP contribution >= 0.6 is 0 Å². The minimum atomic E-state index is -0.328. The molecule has 5 nitrogen and oxygen atoms in total. The molecule has 0 saturated heterocycles. The number of carbonyl (C=O) groups is 1. The Hall–Kier alpha value is -3.34. The van der Waals surface area contributed by atoms with E-state index in [0.29, 0.717) is 17.2 Å². The van der Waals surface area contributed by atoms with Gasteiger partial charge in [0.1, 0.15) is 17.2 Å². The van der Waals surface area contributed by atoms with Crippen LogP contribution in [0.5, 0.6) is 0 Å². The van der Waals surface area contributed by atoms with Crippen LogP contribution in [0.15, 0.2) is 82.0 Å². The van der Waals surface area contributed by atoms with Crippen LogP contribution in [0.25, 0.3) is 11.0 Å². The van der Waals surface area contributed by atoms with Crippen molar-refractivity contribution in [3.8, 4) is 0 Å².